The van der Waals surface area contributed by atoms with Gasteiger partial charge in [-0.25, -0.2) is 4.79 Å². The maximum atomic E-state index is 12.7. The van der Waals surface area contributed by atoms with Crippen molar-refractivity contribution in [3.63, 3.8) is 0 Å². The van der Waals surface area contributed by atoms with Crippen molar-refractivity contribution in [1.82, 2.24) is 0 Å². The first-order chi connectivity index (χ1) is 10.3. The van der Waals surface area contributed by atoms with E-state index in [1.165, 1.54) is 6.07 Å². The van der Waals surface area contributed by atoms with Crippen molar-refractivity contribution in [3.05, 3.63) is 63.7 Å². The second-order valence-corrected chi connectivity index (χ2v) is 5.53. The monoisotopic (exact) mass is 278 g/mol. The van der Waals surface area contributed by atoms with Crippen molar-refractivity contribution in [2.75, 3.05) is 0 Å². The van der Waals surface area contributed by atoms with Crippen LogP contribution in [0.1, 0.15) is 47.4 Å². The van der Waals surface area contributed by atoms with Gasteiger partial charge in [0.15, 0.2) is 5.78 Å². The van der Waals surface area contributed by atoms with Crippen molar-refractivity contribution in [3.8, 4) is 11.1 Å². The van der Waals surface area contributed by atoms with Gasteiger partial charge in [-0.05, 0) is 36.8 Å². The van der Waals surface area contributed by atoms with E-state index in [4.69, 9.17) is 4.42 Å². The lowest BCUT2D eigenvalue weighted by molar-refractivity contribution is 0.104. The topological polar surface area (TPSA) is 47.3 Å². The fourth-order valence-corrected chi connectivity index (χ4v) is 3.25. The molecular weight excluding hydrogens is 264 g/mol. The van der Waals surface area contributed by atoms with Crippen LogP contribution in [0, 0.1) is 0 Å². The molecule has 104 valence electrons. The highest BCUT2D eigenvalue weighted by Gasteiger charge is 2.32. The Kier molecular flexibility index (Phi) is 2.67. The second kappa shape index (κ2) is 4.55. The molecule has 0 aliphatic heterocycles. The van der Waals surface area contributed by atoms with Gasteiger partial charge in [0.1, 0.15) is 5.76 Å². The Labute approximate surface area is 121 Å². The van der Waals surface area contributed by atoms with Crippen LogP contribution in [-0.4, -0.2) is 5.78 Å². The van der Waals surface area contributed by atoms with Crippen molar-refractivity contribution >= 4 is 11.4 Å². The first-order valence-corrected chi connectivity index (χ1v) is 7.27. The van der Waals surface area contributed by atoms with E-state index in [1.54, 1.807) is 6.07 Å². The average Bonchev–Trinajstić information content (AvgIpc) is 2.81. The van der Waals surface area contributed by atoms with Gasteiger partial charge in [0, 0.05) is 17.2 Å². The molecular formula is C18H14O3. The van der Waals surface area contributed by atoms with Crippen LogP contribution in [-0.2, 0) is 0 Å². The van der Waals surface area contributed by atoms with Crippen LogP contribution in [0.15, 0.2) is 45.6 Å². The molecule has 1 heterocycles. The maximum absolute atomic E-state index is 12.7. The van der Waals surface area contributed by atoms with Crippen LogP contribution in [0.2, 0.25) is 0 Å². The Balaban J connectivity index is 2.01. The van der Waals surface area contributed by atoms with E-state index in [-0.39, 0.29) is 11.4 Å². The molecule has 2 aromatic rings. The summed E-state index contributed by atoms with van der Waals surface area (Å²) in [7, 11) is 0. The van der Waals surface area contributed by atoms with Gasteiger partial charge < -0.3 is 4.42 Å². The molecule has 0 amide bonds. The Bertz CT molecular complexity index is 840. The molecule has 0 bridgehead atoms. The molecule has 2 aliphatic rings. The van der Waals surface area contributed by atoms with E-state index in [1.807, 2.05) is 18.2 Å². The zero-order chi connectivity index (χ0) is 14.4. The van der Waals surface area contributed by atoms with Crippen LogP contribution in [0.4, 0.5) is 0 Å². The van der Waals surface area contributed by atoms with Gasteiger partial charge in [-0.3, -0.25) is 4.79 Å². The molecule has 0 fully saturated rings. The molecule has 1 aromatic heterocycles. The normalized spacial score (nSPS) is 16.4. The quantitative estimate of drug-likeness (QED) is 0.680. The lowest BCUT2D eigenvalue weighted by atomic mass is 9.93. The highest BCUT2D eigenvalue weighted by molar-refractivity contribution is 6.23. The smallest absolute Gasteiger partial charge is 0.336 e. The molecule has 3 heteroatoms. The number of hydrogen-bond donors (Lipinski definition) is 0. The van der Waals surface area contributed by atoms with E-state index in [0.717, 1.165) is 36.8 Å². The maximum Gasteiger partial charge on any atom is 0.336 e. The third kappa shape index (κ3) is 1.81. The Morgan fingerprint density at radius 2 is 1.76 bits per heavy atom. The summed E-state index contributed by atoms with van der Waals surface area (Å²) in [6.07, 6.45) is 6.16. The minimum atomic E-state index is -0.389. The van der Waals surface area contributed by atoms with Crippen molar-refractivity contribution < 1.29 is 9.21 Å². The average molecular weight is 278 g/mol. The minimum absolute atomic E-state index is 0.0363. The second-order valence-electron chi connectivity index (χ2n) is 5.53. The zero-order valence-corrected chi connectivity index (χ0v) is 11.5. The summed E-state index contributed by atoms with van der Waals surface area (Å²) >= 11 is 0. The van der Waals surface area contributed by atoms with E-state index in [2.05, 4.69) is 6.08 Å². The fraction of sp³-hybridized carbons (Fsp3) is 0.222. The number of fused-ring (bicyclic) bond motifs is 3. The molecule has 2 aliphatic carbocycles. The molecule has 21 heavy (non-hydrogen) atoms. The highest BCUT2D eigenvalue weighted by Crippen LogP contribution is 2.40. The van der Waals surface area contributed by atoms with Crippen LogP contribution < -0.4 is 5.63 Å². The molecule has 0 saturated carbocycles. The Morgan fingerprint density at radius 1 is 0.952 bits per heavy atom. The van der Waals surface area contributed by atoms with Crippen LogP contribution >= 0.6 is 0 Å². The number of carbonyl (C=O) groups is 1. The predicted octanol–water partition coefficient (Wildman–Crippen LogP) is 3.81. The van der Waals surface area contributed by atoms with Crippen molar-refractivity contribution in [2.45, 2.75) is 25.7 Å². The predicted molar refractivity (Wildman–Crippen MR) is 80.3 cm³/mol. The highest BCUT2D eigenvalue weighted by atomic mass is 16.4. The van der Waals surface area contributed by atoms with Gasteiger partial charge in [0.25, 0.3) is 0 Å². The Morgan fingerprint density at radius 3 is 2.52 bits per heavy atom. The molecule has 0 spiro atoms. The molecule has 3 nitrogen and oxygen atoms in total. The minimum Gasteiger partial charge on any atom is -0.422 e. The summed E-state index contributed by atoms with van der Waals surface area (Å²) in [6, 6.07) is 8.86. The lowest BCUT2D eigenvalue weighted by Gasteiger charge is -2.13. The summed E-state index contributed by atoms with van der Waals surface area (Å²) in [5.41, 5.74) is 3.38. The fourth-order valence-electron chi connectivity index (χ4n) is 3.25. The Hall–Kier alpha value is -2.42. The van der Waals surface area contributed by atoms with Crippen LogP contribution in [0.5, 0.6) is 0 Å². The van der Waals surface area contributed by atoms with E-state index < -0.39 is 0 Å². The molecule has 4 rings (SSSR count). The van der Waals surface area contributed by atoms with E-state index in [9.17, 15) is 9.59 Å². The van der Waals surface area contributed by atoms with Crippen molar-refractivity contribution in [1.29, 1.82) is 0 Å². The zero-order valence-electron chi connectivity index (χ0n) is 11.5. The molecule has 0 unspecified atom stereocenters. The molecule has 0 N–H and O–H groups in total. The van der Waals surface area contributed by atoms with Gasteiger partial charge >= 0.3 is 5.63 Å². The van der Waals surface area contributed by atoms with Gasteiger partial charge in [-0.15, -0.1) is 0 Å². The van der Waals surface area contributed by atoms with E-state index >= 15 is 0 Å². The first kappa shape index (κ1) is 12.3. The number of carbonyl (C=O) groups excluding carboxylic acids is 1. The number of rotatable bonds is 1. The first-order valence-electron chi connectivity index (χ1n) is 7.27. The molecule has 0 atom stereocenters. The van der Waals surface area contributed by atoms with Gasteiger partial charge in [-0.1, -0.05) is 30.3 Å². The summed E-state index contributed by atoms with van der Waals surface area (Å²) in [5.74, 6) is 0.448. The van der Waals surface area contributed by atoms with Crippen LogP contribution in [0.25, 0.3) is 16.7 Å². The largest absolute Gasteiger partial charge is 0.422 e. The summed E-state index contributed by atoms with van der Waals surface area (Å²) in [4.78, 5) is 24.6. The lowest BCUT2D eigenvalue weighted by Crippen LogP contribution is -2.08. The van der Waals surface area contributed by atoms with E-state index in [0.29, 0.717) is 22.5 Å². The van der Waals surface area contributed by atoms with Gasteiger partial charge in [-0.2, -0.15) is 0 Å². The molecule has 1 aromatic carbocycles. The third-order valence-electron chi connectivity index (χ3n) is 4.23. The number of allylic oxidation sites excluding steroid dienone is 2. The van der Waals surface area contributed by atoms with Gasteiger partial charge in [0.2, 0.25) is 0 Å². The van der Waals surface area contributed by atoms with Crippen LogP contribution in [0.3, 0.4) is 0 Å². The summed E-state index contributed by atoms with van der Waals surface area (Å²) in [6.45, 7) is 0. The summed E-state index contributed by atoms with van der Waals surface area (Å²) < 4.78 is 5.42. The molecule has 0 radical (unpaired) electrons. The summed E-state index contributed by atoms with van der Waals surface area (Å²) in [5, 5.41) is 0. The third-order valence-corrected chi connectivity index (χ3v) is 4.23. The van der Waals surface area contributed by atoms with Crippen molar-refractivity contribution in [2.24, 2.45) is 0 Å². The molecule has 0 saturated heterocycles. The number of ketones is 1. The SMILES string of the molecule is O=C1c2ccccc2-c2cc(=O)oc(C3=CCCCC3)c21. The number of benzene rings is 1. The number of hydrogen-bond acceptors (Lipinski definition) is 3. The van der Waals surface area contributed by atoms with Gasteiger partial charge in [0.05, 0.1) is 5.56 Å². The standard InChI is InChI=1S/C18H14O3/c19-15-10-14-12-8-4-5-9-13(12)17(20)16(14)18(21-15)11-6-2-1-3-7-11/h4-6,8-10H,1-3,7H2.